The van der Waals surface area contributed by atoms with Crippen LogP contribution in [0.2, 0.25) is 10.0 Å². The average molecular weight is 275 g/mol. The van der Waals surface area contributed by atoms with Crippen LogP contribution in [0, 0.1) is 0 Å². The molecule has 1 aromatic carbocycles. The summed E-state index contributed by atoms with van der Waals surface area (Å²) in [6, 6.07) is 3.49. The highest BCUT2D eigenvalue weighted by Gasteiger charge is 2.24. The Bertz CT molecular complexity index is 446. The maximum atomic E-state index is 10.8. The van der Waals surface area contributed by atoms with Crippen LogP contribution in [0.15, 0.2) is 12.1 Å². The van der Waals surface area contributed by atoms with Crippen molar-refractivity contribution in [1.29, 1.82) is 0 Å². The van der Waals surface area contributed by atoms with E-state index in [-0.39, 0.29) is 12.3 Å². The molecule has 1 heterocycles. The van der Waals surface area contributed by atoms with Gasteiger partial charge in [-0.25, -0.2) is 0 Å². The Labute approximate surface area is 109 Å². The van der Waals surface area contributed by atoms with Gasteiger partial charge in [-0.1, -0.05) is 29.3 Å². The van der Waals surface area contributed by atoms with E-state index in [0.717, 1.165) is 18.4 Å². The second-order valence-corrected chi connectivity index (χ2v) is 4.85. The lowest BCUT2D eigenvalue weighted by atomic mass is 9.91. The largest absolute Gasteiger partial charge is 0.492 e. The molecule has 0 amide bonds. The molecule has 1 aromatic rings. The summed E-state index contributed by atoms with van der Waals surface area (Å²) in [7, 11) is 0. The van der Waals surface area contributed by atoms with Crippen LogP contribution in [0.3, 0.4) is 0 Å². The monoisotopic (exact) mass is 274 g/mol. The van der Waals surface area contributed by atoms with E-state index in [2.05, 4.69) is 0 Å². The summed E-state index contributed by atoms with van der Waals surface area (Å²) in [5.41, 5.74) is 0.847. The quantitative estimate of drug-likeness (QED) is 0.894. The molecule has 1 aliphatic rings. The molecule has 0 saturated carbocycles. The molecule has 0 spiro atoms. The van der Waals surface area contributed by atoms with Crippen molar-refractivity contribution in [3.05, 3.63) is 27.7 Å². The minimum atomic E-state index is -0.811. The van der Waals surface area contributed by atoms with E-state index in [1.54, 1.807) is 6.07 Å². The van der Waals surface area contributed by atoms with Gasteiger partial charge in [-0.3, -0.25) is 4.79 Å². The number of carboxylic acid groups (broad SMARTS) is 1. The maximum absolute atomic E-state index is 10.8. The molecule has 1 unspecified atom stereocenters. The van der Waals surface area contributed by atoms with Crippen molar-refractivity contribution in [1.82, 2.24) is 0 Å². The molecular weight excluding hydrogens is 263 g/mol. The highest BCUT2D eigenvalue weighted by molar-refractivity contribution is 6.43. The van der Waals surface area contributed by atoms with E-state index in [4.69, 9.17) is 33.0 Å². The molecule has 0 fully saturated rings. The van der Waals surface area contributed by atoms with Gasteiger partial charge in [0.05, 0.1) is 18.1 Å². The Hall–Kier alpha value is -0.930. The lowest BCUT2D eigenvalue weighted by Gasteiger charge is -2.15. The van der Waals surface area contributed by atoms with E-state index >= 15 is 0 Å². The van der Waals surface area contributed by atoms with E-state index in [1.165, 1.54) is 0 Å². The van der Waals surface area contributed by atoms with Crippen LogP contribution < -0.4 is 4.74 Å². The number of carbonyl (C=O) groups is 1. The van der Waals surface area contributed by atoms with Gasteiger partial charge in [-0.15, -0.1) is 0 Å². The lowest BCUT2D eigenvalue weighted by Crippen LogP contribution is -2.06. The normalized spacial score (nSPS) is 19.1. The molecule has 0 radical (unpaired) electrons. The van der Waals surface area contributed by atoms with Gasteiger partial charge >= 0.3 is 5.97 Å². The predicted octanol–water partition coefficient (Wildman–Crippen LogP) is 3.72. The Kier molecular flexibility index (Phi) is 3.79. The Morgan fingerprint density at radius 1 is 1.47 bits per heavy atom. The molecule has 3 nitrogen and oxygen atoms in total. The second kappa shape index (κ2) is 5.15. The zero-order valence-electron chi connectivity index (χ0n) is 9.08. The summed E-state index contributed by atoms with van der Waals surface area (Å²) in [5.74, 6) is -0.323. The van der Waals surface area contributed by atoms with Crippen LogP contribution in [-0.2, 0) is 4.79 Å². The number of benzene rings is 1. The first kappa shape index (κ1) is 12.5. The number of aliphatic carboxylic acids is 1. The van der Waals surface area contributed by atoms with Gasteiger partial charge < -0.3 is 9.84 Å². The fourth-order valence-electron chi connectivity index (χ4n) is 2.10. The number of ether oxygens (including phenoxy) is 1. The minimum absolute atomic E-state index is 0.0558. The first-order chi connectivity index (χ1) is 8.09. The molecule has 5 heteroatoms. The summed E-state index contributed by atoms with van der Waals surface area (Å²) in [5, 5.41) is 9.72. The van der Waals surface area contributed by atoms with Crippen molar-refractivity contribution < 1.29 is 14.6 Å². The molecule has 1 aliphatic heterocycles. The van der Waals surface area contributed by atoms with Gasteiger partial charge in [0.1, 0.15) is 10.8 Å². The molecule has 0 aromatic heterocycles. The van der Waals surface area contributed by atoms with Crippen LogP contribution in [0.1, 0.15) is 30.7 Å². The smallest absolute Gasteiger partial charge is 0.303 e. The van der Waals surface area contributed by atoms with Crippen molar-refractivity contribution in [3.8, 4) is 5.75 Å². The number of rotatable bonds is 2. The van der Waals surface area contributed by atoms with Crippen molar-refractivity contribution in [2.75, 3.05) is 6.61 Å². The van der Waals surface area contributed by atoms with E-state index in [0.29, 0.717) is 22.4 Å². The molecular formula is C12H12Cl2O3. The van der Waals surface area contributed by atoms with Gasteiger partial charge in [0.15, 0.2) is 0 Å². The van der Waals surface area contributed by atoms with Gasteiger partial charge in [-0.05, 0) is 30.4 Å². The van der Waals surface area contributed by atoms with Gasteiger partial charge in [0.25, 0.3) is 0 Å². The van der Waals surface area contributed by atoms with E-state index < -0.39 is 5.97 Å². The first-order valence-electron chi connectivity index (χ1n) is 5.42. The summed E-state index contributed by atoms with van der Waals surface area (Å²) >= 11 is 12.0. The predicted molar refractivity (Wildman–Crippen MR) is 66.2 cm³/mol. The summed E-state index contributed by atoms with van der Waals surface area (Å²) < 4.78 is 5.56. The fraction of sp³-hybridized carbons (Fsp3) is 0.417. The van der Waals surface area contributed by atoms with Crippen LogP contribution in [-0.4, -0.2) is 17.7 Å². The number of carboxylic acids is 1. The number of halogens is 2. The molecule has 0 aliphatic carbocycles. The van der Waals surface area contributed by atoms with Crippen molar-refractivity contribution in [2.24, 2.45) is 0 Å². The number of fused-ring (bicyclic) bond motifs is 1. The van der Waals surface area contributed by atoms with E-state index in [9.17, 15) is 4.79 Å². The average Bonchev–Trinajstić information content (AvgIpc) is 2.46. The molecule has 0 bridgehead atoms. The topological polar surface area (TPSA) is 46.5 Å². The molecule has 2 rings (SSSR count). The molecule has 17 heavy (non-hydrogen) atoms. The lowest BCUT2D eigenvalue weighted by molar-refractivity contribution is -0.137. The van der Waals surface area contributed by atoms with Gasteiger partial charge in [0, 0.05) is 0 Å². The third-order valence-corrected chi connectivity index (χ3v) is 3.67. The Morgan fingerprint density at radius 3 is 2.94 bits per heavy atom. The van der Waals surface area contributed by atoms with Crippen LogP contribution in [0.5, 0.6) is 5.75 Å². The zero-order chi connectivity index (χ0) is 12.4. The first-order valence-corrected chi connectivity index (χ1v) is 6.17. The van der Waals surface area contributed by atoms with Crippen molar-refractivity contribution in [2.45, 2.75) is 25.2 Å². The summed E-state index contributed by atoms with van der Waals surface area (Å²) in [4.78, 5) is 10.8. The Balaban J connectivity index is 2.42. The fourth-order valence-corrected chi connectivity index (χ4v) is 2.47. The molecule has 1 N–H and O–H groups in total. The Morgan fingerprint density at radius 2 is 2.24 bits per heavy atom. The minimum Gasteiger partial charge on any atom is -0.492 e. The molecule has 0 saturated heterocycles. The third kappa shape index (κ3) is 2.67. The highest BCUT2D eigenvalue weighted by Crippen LogP contribution is 2.42. The van der Waals surface area contributed by atoms with Crippen LogP contribution in [0.4, 0.5) is 0 Å². The molecule has 1 atom stereocenters. The zero-order valence-corrected chi connectivity index (χ0v) is 10.6. The van der Waals surface area contributed by atoms with Crippen molar-refractivity contribution >= 4 is 29.2 Å². The SMILES string of the molecule is O=C(O)CC1CCCOc2c1ccc(Cl)c2Cl. The van der Waals surface area contributed by atoms with Crippen LogP contribution in [0.25, 0.3) is 0 Å². The maximum Gasteiger partial charge on any atom is 0.303 e. The van der Waals surface area contributed by atoms with Gasteiger partial charge in [0.2, 0.25) is 0 Å². The standard InChI is InChI=1S/C12H12Cl2O3/c13-9-4-3-8-7(6-10(15)16)2-1-5-17-12(8)11(9)14/h3-4,7H,1-2,5-6H2,(H,15,16). The van der Waals surface area contributed by atoms with E-state index in [1.807, 2.05) is 6.07 Å². The third-order valence-electron chi connectivity index (χ3n) is 2.88. The second-order valence-electron chi connectivity index (χ2n) is 4.07. The highest BCUT2D eigenvalue weighted by atomic mass is 35.5. The van der Waals surface area contributed by atoms with Crippen molar-refractivity contribution in [3.63, 3.8) is 0 Å². The summed E-state index contributed by atoms with van der Waals surface area (Å²) in [6.07, 6.45) is 1.70. The molecule has 92 valence electrons. The number of hydrogen-bond donors (Lipinski definition) is 1. The summed E-state index contributed by atoms with van der Waals surface area (Å²) in [6.45, 7) is 0.545. The van der Waals surface area contributed by atoms with Gasteiger partial charge in [-0.2, -0.15) is 0 Å². The number of hydrogen-bond acceptors (Lipinski definition) is 2. The van der Waals surface area contributed by atoms with Crippen LogP contribution >= 0.6 is 23.2 Å².